The zero-order valence-corrected chi connectivity index (χ0v) is 9.23. The third-order valence-electron chi connectivity index (χ3n) is 1.50. The topological polar surface area (TPSA) is 0 Å². The first-order valence-electron chi connectivity index (χ1n) is 3.46. The molecule has 0 aromatic heterocycles. The van der Waals surface area contributed by atoms with Crippen LogP contribution in [0, 0.1) is 13.8 Å². The van der Waals surface area contributed by atoms with Crippen molar-refractivity contribution in [2.24, 2.45) is 0 Å². The van der Waals surface area contributed by atoms with Gasteiger partial charge in [-0.1, -0.05) is 29.3 Å². The van der Waals surface area contributed by atoms with Crippen molar-refractivity contribution in [1.82, 2.24) is 0 Å². The van der Waals surface area contributed by atoms with E-state index in [1.54, 1.807) is 0 Å². The summed E-state index contributed by atoms with van der Waals surface area (Å²) in [5.41, 5.74) is 2.47. The van der Waals surface area contributed by atoms with Crippen molar-refractivity contribution >= 4 is 34.8 Å². The van der Waals surface area contributed by atoms with E-state index in [0.717, 1.165) is 5.19 Å². The molecule has 3 heteroatoms. The third kappa shape index (κ3) is 2.51. The van der Waals surface area contributed by atoms with Gasteiger partial charge < -0.3 is 0 Å². The monoisotopic (exact) mass is 204 g/mol. The van der Waals surface area contributed by atoms with Gasteiger partial charge in [0.25, 0.3) is 7.42 Å². The Morgan fingerprint density at radius 1 is 1.00 bits per heavy atom. The molecule has 0 saturated heterocycles. The first kappa shape index (κ1) is 9.11. The molecule has 0 nitrogen and oxygen atoms in total. The number of hydrogen-bond donors (Lipinski definition) is 0. The highest BCUT2D eigenvalue weighted by Crippen LogP contribution is 2.04. The van der Waals surface area contributed by atoms with Crippen molar-refractivity contribution in [2.75, 3.05) is 0 Å². The standard InChI is InChI=1S/C8H10Cl2Si/c1-6-3-7(2)5-8(4-6)11(9)10/h3-5,11H,1-2H3. The Kier molecular flexibility index (Phi) is 2.99. The van der Waals surface area contributed by atoms with Crippen molar-refractivity contribution in [3.8, 4) is 0 Å². The Balaban J connectivity index is 3.08. The van der Waals surface area contributed by atoms with Crippen LogP contribution in [0.15, 0.2) is 18.2 Å². The van der Waals surface area contributed by atoms with E-state index in [-0.39, 0.29) is 0 Å². The lowest BCUT2D eigenvalue weighted by atomic mass is 10.2. The van der Waals surface area contributed by atoms with E-state index >= 15 is 0 Å². The molecule has 0 radical (unpaired) electrons. The van der Waals surface area contributed by atoms with Crippen LogP contribution in [0.5, 0.6) is 0 Å². The lowest BCUT2D eigenvalue weighted by Crippen LogP contribution is -2.18. The van der Waals surface area contributed by atoms with Gasteiger partial charge >= 0.3 is 0 Å². The number of halogens is 2. The third-order valence-corrected chi connectivity index (χ3v) is 3.85. The van der Waals surface area contributed by atoms with Gasteiger partial charge in [0.15, 0.2) is 0 Å². The fourth-order valence-electron chi connectivity index (χ4n) is 1.14. The van der Waals surface area contributed by atoms with Crippen LogP contribution in [-0.2, 0) is 0 Å². The maximum absolute atomic E-state index is 5.85. The Bertz CT molecular complexity index is 238. The minimum atomic E-state index is -1.64. The molecule has 0 heterocycles. The van der Waals surface area contributed by atoms with Crippen LogP contribution in [0.2, 0.25) is 0 Å². The molecule has 0 unspecified atom stereocenters. The number of aryl methyl sites for hydroxylation is 2. The Hall–Kier alpha value is 0.0169. The molecular weight excluding hydrogens is 195 g/mol. The molecule has 0 amide bonds. The number of benzene rings is 1. The second-order valence-corrected chi connectivity index (χ2v) is 7.28. The van der Waals surface area contributed by atoms with Crippen molar-refractivity contribution in [2.45, 2.75) is 13.8 Å². The molecule has 0 aliphatic carbocycles. The average Bonchev–Trinajstić information content (AvgIpc) is 1.85. The van der Waals surface area contributed by atoms with E-state index in [0.29, 0.717) is 0 Å². The molecule has 60 valence electrons. The highest BCUT2D eigenvalue weighted by atomic mass is 35.7. The van der Waals surface area contributed by atoms with Gasteiger partial charge in [-0.2, -0.15) is 0 Å². The molecule has 11 heavy (non-hydrogen) atoms. The molecule has 1 aromatic carbocycles. The maximum atomic E-state index is 5.85. The van der Waals surface area contributed by atoms with Crippen LogP contribution in [-0.4, -0.2) is 7.42 Å². The summed E-state index contributed by atoms with van der Waals surface area (Å²) in [6.45, 7) is 4.11. The first-order chi connectivity index (χ1) is 5.09. The number of hydrogen-bond acceptors (Lipinski definition) is 0. The lowest BCUT2D eigenvalue weighted by Gasteiger charge is -2.02. The zero-order valence-electron chi connectivity index (χ0n) is 6.57. The van der Waals surface area contributed by atoms with Crippen LogP contribution >= 0.6 is 22.2 Å². The van der Waals surface area contributed by atoms with E-state index in [2.05, 4.69) is 32.0 Å². The van der Waals surface area contributed by atoms with Gasteiger partial charge in [0, 0.05) is 0 Å². The molecule has 0 fully saturated rings. The summed E-state index contributed by atoms with van der Waals surface area (Å²) in [6, 6.07) is 6.24. The van der Waals surface area contributed by atoms with Gasteiger partial charge in [0.05, 0.1) is 0 Å². The van der Waals surface area contributed by atoms with E-state index in [1.165, 1.54) is 11.1 Å². The highest BCUT2D eigenvalue weighted by Gasteiger charge is 2.05. The van der Waals surface area contributed by atoms with Gasteiger partial charge in [-0.15, -0.1) is 22.2 Å². The average molecular weight is 205 g/mol. The molecular formula is C8H10Cl2Si. The largest absolute Gasteiger partial charge is 0.266 e. The SMILES string of the molecule is Cc1cc(C)cc([SiH](Cl)Cl)c1. The van der Waals surface area contributed by atoms with Gasteiger partial charge in [-0.3, -0.25) is 0 Å². The Morgan fingerprint density at radius 2 is 1.45 bits per heavy atom. The molecule has 0 aliphatic heterocycles. The molecule has 1 rings (SSSR count). The zero-order chi connectivity index (χ0) is 8.43. The molecule has 0 N–H and O–H groups in total. The van der Waals surface area contributed by atoms with E-state index < -0.39 is 7.42 Å². The predicted molar refractivity (Wildman–Crippen MR) is 54.4 cm³/mol. The Morgan fingerprint density at radius 3 is 1.82 bits per heavy atom. The minimum absolute atomic E-state index is 1.12. The maximum Gasteiger partial charge on any atom is 0.266 e. The Labute approximate surface area is 78.2 Å². The van der Waals surface area contributed by atoms with Crippen LogP contribution in [0.1, 0.15) is 11.1 Å². The summed E-state index contributed by atoms with van der Waals surface area (Å²) in [7, 11) is -1.64. The summed E-state index contributed by atoms with van der Waals surface area (Å²) in [4.78, 5) is 0. The predicted octanol–water partition coefficient (Wildman–Crippen LogP) is 2.21. The highest BCUT2D eigenvalue weighted by molar-refractivity contribution is 7.39. The minimum Gasteiger partial charge on any atom is -0.144 e. The van der Waals surface area contributed by atoms with Gasteiger partial charge in [0.2, 0.25) is 0 Å². The normalized spacial score (nSPS) is 10.6. The van der Waals surface area contributed by atoms with E-state index in [4.69, 9.17) is 22.2 Å². The smallest absolute Gasteiger partial charge is 0.144 e. The van der Waals surface area contributed by atoms with Crippen LogP contribution < -0.4 is 5.19 Å². The van der Waals surface area contributed by atoms with Crippen molar-refractivity contribution in [3.05, 3.63) is 29.3 Å². The van der Waals surface area contributed by atoms with Crippen molar-refractivity contribution in [1.29, 1.82) is 0 Å². The molecule has 0 aliphatic rings. The van der Waals surface area contributed by atoms with E-state index in [1.807, 2.05) is 0 Å². The summed E-state index contributed by atoms with van der Waals surface area (Å²) < 4.78 is 0. The quantitative estimate of drug-likeness (QED) is 0.487. The summed E-state index contributed by atoms with van der Waals surface area (Å²) in [5, 5.41) is 1.12. The molecule has 1 aromatic rings. The van der Waals surface area contributed by atoms with Crippen LogP contribution in [0.25, 0.3) is 0 Å². The van der Waals surface area contributed by atoms with Gasteiger partial charge in [-0.05, 0) is 19.0 Å². The van der Waals surface area contributed by atoms with Gasteiger partial charge in [-0.25, -0.2) is 0 Å². The molecule has 0 atom stereocenters. The number of rotatable bonds is 1. The lowest BCUT2D eigenvalue weighted by molar-refractivity contribution is 1.40. The summed E-state index contributed by atoms with van der Waals surface area (Å²) in [6.07, 6.45) is 0. The summed E-state index contributed by atoms with van der Waals surface area (Å²) >= 11 is 11.7. The second kappa shape index (κ2) is 3.61. The molecule has 0 spiro atoms. The van der Waals surface area contributed by atoms with Crippen molar-refractivity contribution < 1.29 is 0 Å². The van der Waals surface area contributed by atoms with Gasteiger partial charge in [0.1, 0.15) is 0 Å². The van der Waals surface area contributed by atoms with Crippen molar-refractivity contribution in [3.63, 3.8) is 0 Å². The molecule has 0 bridgehead atoms. The van der Waals surface area contributed by atoms with Crippen LogP contribution in [0.4, 0.5) is 0 Å². The first-order valence-corrected chi connectivity index (χ1v) is 7.53. The summed E-state index contributed by atoms with van der Waals surface area (Å²) in [5.74, 6) is 0. The van der Waals surface area contributed by atoms with Crippen LogP contribution in [0.3, 0.4) is 0 Å². The van der Waals surface area contributed by atoms with E-state index in [9.17, 15) is 0 Å². The second-order valence-electron chi connectivity index (χ2n) is 2.72. The fraction of sp³-hybridized carbons (Fsp3) is 0.250. The molecule has 0 saturated carbocycles. The fourth-order valence-corrected chi connectivity index (χ4v) is 2.67.